The van der Waals surface area contributed by atoms with Crippen molar-refractivity contribution in [2.75, 3.05) is 0 Å². The lowest BCUT2D eigenvalue weighted by molar-refractivity contribution is 0.620. The standard InChI is InChI=1S/C25H16N2O/c1-2-6-21-19(5-1)20-15-18(13-14-22(20)26-21)16-9-11-17(12-10-16)25-27-23-7-3-4-8-24(23)28-25/h1-15,26H. The number of rotatable bonds is 2. The van der Waals surface area contributed by atoms with Crippen LogP contribution in [0, 0.1) is 0 Å². The van der Waals surface area contributed by atoms with Crippen molar-refractivity contribution in [3.63, 3.8) is 0 Å². The smallest absolute Gasteiger partial charge is 0.227 e. The van der Waals surface area contributed by atoms with Crippen molar-refractivity contribution in [2.45, 2.75) is 0 Å². The van der Waals surface area contributed by atoms with Crippen LogP contribution in [0.1, 0.15) is 0 Å². The van der Waals surface area contributed by atoms with Gasteiger partial charge in [-0.15, -0.1) is 0 Å². The molecule has 2 heterocycles. The van der Waals surface area contributed by atoms with Crippen molar-refractivity contribution in [3.05, 3.63) is 91.0 Å². The average molecular weight is 360 g/mol. The van der Waals surface area contributed by atoms with Crippen molar-refractivity contribution < 1.29 is 4.42 Å². The Morgan fingerprint density at radius 1 is 0.607 bits per heavy atom. The van der Waals surface area contributed by atoms with Gasteiger partial charge in [0, 0.05) is 27.4 Å². The fraction of sp³-hybridized carbons (Fsp3) is 0. The Hall–Kier alpha value is -3.85. The Labute approximate surface area is 161 Å². The van der Waals surface area contributed by atoms with Crippen LogP contribution in [0.25, 0.3) is 55.5 Å². The molecule has 0 spiro atoms. The number of para-hydroxylation sites is 3. The second kappa shape index (κ2) is 5.83. The Kier molecular flexibility index (Phi) is 3.17. The largest absolute Gasteiger partial charge is 0.436 e. The summed E-state index contributed by atoms with van der Waals surface area (Å²) in [5.74, 6) is 0.653. The molecule has 0 radical (unpaired) electrons. The number of oxazole rings is 1. The van der Waals surface area contributed by atoms with Gasteiger partial charge in [0.15, 0.2) is 5.58 Å². The maximum absolute atomic E-state index is 5.88. The summed E-state index contributed by atoms with van der Waals surface area (Å²) in [6.07, 6.45) is 0. The van der Waals surface area contributed by atoms with E-state index in [0.29, 0.717) is 5.89 Å². The number of aromatic amines is 1. The molecule has 0 fully saturated rings. The Morgan fingerprint density at radius 3 is 2.21 bits per heavy atom. The summed E-state index contributed by atoms with van der Waals surface area (Å²) in [6, 6.07) is 31.2. The van der Waals surface area contributed by atoms with E-state index in [1.165, 1.54) is 27.4 Å². The molecular weight excluding hydrogens is 344 g/mol. The van der Waals surface area contributed by atoms with Crippen LogP contribution in [-0.2, 0) is 0 Å². The van der Waals surface area contributed by atoms with E-state index in [2.05, 4.69) is 76.7 Å². The molecule has 3 nitrogen and oxygen atoms in total. The molecule has 132 valence electrons. The first-order chi connectivity index (χ1) is 13.8. The highest BCUT2D eigenvalue weighted by Crippen LogP contribution is 2.31. The molecule has 1 N–H and O–H groups in total. The zero-order valence-corrected chi connectivity index (χ0v) is 15.0. The van der Waals surface area contributed by atoms with Crippen LogP contribution >= 0.6 is 0 Å². The first-order valence-corrected chi connectivity index (χ1v) is 9.32. The van der Waals surface area contributed by atoms with Crippen molar-refractivity contribution in [2.24, 2.45) is 0 Å². The van der Waals surface area contributed by atoms with Crippen LogP contribution in [-0.4, -0.2) is 9.97 Å². The topological polar surface area (TPSA) is 41.8 Å². The molecule has 4 aromatic carbocycles. The van der Waals surface area contributed by atoms with Crippen LogP contribution in [0.2, 0.25) is 0 Å². The highest BCUT2D eigenvalue weighted by Gasteiger charge is 2.09. The van der Waals surface area contributed by atoms with Crippen molar-refractivity contribution in [1.29, 1.82) is 0 Å². The zero-order valence-electron chi connectivity index (χ0n) is 15.0. The molecule has 2 aromatic heterocycles. The van der Waals surface area contributed by atoms with Crippen molar-refractivity contribution in [3.8, 4) is 22.6 Å². The molecule has 0 aliphatic rings. The number of benzene rings is 4. The lowest BCUT2D eigenvalue weighted by atomic mass is 10.0. The summed E-state index contributed by atoms with van der Waals surface area (Å²) in [5.41, 5.74) is 7.37. The van der Waals surface area contributed by atoms with Crippen LogP contribution in [0.4, 0.5) is 0 Å². The highest BCUT2D eigenvalue weighted by molar-refractivity contribution is 6.08. The minimum atomic E-state index is 0.653. The van der Waals surface area contributed by atoms with Gasteiger partial charge in [0.2, 0.25) is 5.89 Å². The third-order valence-corrected chi connectivity index (χ3v) is 5.27. The van der Waals surface area contributed by atoms with E-state index in [1.54, 1.807) is 0 Å². The lowest BCUT2D eigenvalue weighted by Gasteiger charge is -2.03. The molecule has 6 aromatic rings. The SMILES string of the molecule is c1ccc2oc(-c3ccc(-c4ccc5[nH]c6ccccc6c5c4)cc3)nc2c1. The van der Waals surface area contributed by atoms with Gasteiger partial charge >= 0.3 is 0 Å². The van der Waals surface area contributed by atoms with Gasteiger partial charge in [0.1, 0.15) is 5.52 Å². The number of nitrogens with zero attached hydrogens (tertiary/aromatic N) is 1. The van der Waals surface area contributed by atoms with E-state index in [4.69, 9.17) is 4.42 Å². The predicted molar refractivity (Wildman–Crippen MR) is 114 cm³/mol. The van der Waals surface area contributed by atoms with Gasteiger partial charge in [-0.3, -0.25) is 0 Å². The average Bonchev–Trinajstić information content (AvgIpc) is 3.35. The van der Waals surface area contributed by atoms with Gasteiger partial charge < -0.3 is 9.40 Å². The quantitative estimate of drug-likeness (QED) is 0.369. The maximum Gasteiger partial charge on any atom is 0.227 e. The van der Waals surface area contributed by atoms with E-state index in [-0.39, 0.29) is 0 Å². The Bertz CT molecular complexity index is 1420. The van der Waals surface area contributed by atoms with E-state index in [9.17, 15) is 0 Å². The third kappa shape index (κ3) is 2.33. The summed E-state index contributed by atoms with van der Waals surface area (Å²) in [4.78, 5) is 8.06. The van der Waals surface area contributed by atoms with Gasteiger partial charge in [0.05, 0.1) is 0 Å². The number of nitrogens with one attached hydrogen (secondary N) is 1. The van der Waals surface area contributed by atoms with Gasteiger partial charge in [-0.1, -0.05) is 48.5 Å². The summed E-state index contributed by atoms with van der Waals surface area (Å²) in [5, 5.41) is 2.50. The van der Waals surface area contributed by atoms with Crippen LogP contribution in [0.5, 0.6) is 0 Å². The van der Waals surface area contributed by atoms with Crippen molar-refractivity contribution in [1.82, 2.24) is 9.97 Å². The molecule has 0 saturated heterocycles. The number of hydrogen-bond donors (Lipinski definition) is 1. The van der Waals surface area contributed by atoms with Crippen LogP contribution in [0.3, 0.4) is 0 Å². The minimum absolute atomic E-state index is 0.653. The van der Waals surface area contributed by atoms with Gasteiger partial charge in [-0.25, -0.2) is 4.98 Å². The lowest BCUT2D eigenvalue weighted by Crippen LogP contribution is -1.81. The molecule has 0 saturated carbocycles. The fourth-order valence-corrected chi connectivity index (χ4v) is 3.83. The molecular formula is C25H16N2O. The molecule has 0 aliphatic heterocycles. The number of hydrogen-bond acceptors (Lipinski definition) is 2. The summed E-state index contributed by atoms with van der Waals surface area (Å²) in [6.45, 7) is 0. The number of aromatic nitrogens is 2. The maximum atomic E-state index is 5.88. The zero-order chi connectivity index (χ0) is 18.5. The van der Waals surface area contributed by atoms with Crippen LogP contribution in [0.15, 0.2) is 95.4 Å². The van der Waals surface area contributed by atoms with Crippen molar-refractivity contribution >= 4 is 32.9 Å². The third-order valence-electron chi connectivity index (χ3n) is 5.27. The minimum Gasteiger partial charge on any atom is -0.436 e. The van der Waals surface area contributed by atoms with E-state index in [0.717, 1.165) is 22.2 Å². The molecule has 6 rings (SSSR count). The number of fused-ring (bicyclic) bond motifs is 4. The van der Waals surface area contributed by atoms with Crippen LogP contribution < -0.4 is 0 Å². The van der Waals surface area contributed by atoms with E-state index < -0.39 is 0 Å². The van der Waals surface area contributed by atoms with Gasteiger partial charge in [0.25, 0.3) is 0 Å². The molecule has 0 atom stereocenters. The molecule has 28 heavy (non-hydrogen) atoms. The first kappa shape index (κ1) is 15.2. The molecule has 3 heteroatoms. The Morgan fingerprint density at radius 2 is 1.32 bits per heavy atom. The van der Waals surface area contributed by atoms with Gasteiger partial charge in [-0.2, -0.15) is 0 Å². The highest BCUT2D eigenvalue weighted by atomic mass is 16.3. The molecule has 0 amide bonds. The summed E-state index contributed by atoms with van der Waals surface area (Å²) in [7, 11) is 0. The fourth-order valence-electron chi connectivity index (χ4n) is 3.83. The molecule has 0 bridgehead atoms. The second-order valence-electron chi connectivity index (χ2n) is 7.00. The monoisotopic (exact) mass is 360 g/mol. The molecule has 0 unspecified atom stereocenters. The first-order valence-electron chi connectivity index (χ1n) is 9.32. The molecule has 0 aliphatic carbocycles. The predicted octanol–water partition coefficient (Wildman–Crippen LogP) is 6.80. The van der Waals surface area contributed by atoms with E-state index in [1.807, 2.05) is 24.3 Å². The summed E-state index contributed by atoms with van der Waals surface area (Å²) < 4.78 is 5.88. The second-order valence-corrected chi connectivity index (χ2v) is 7.00. The van der Waals surface area contributed by atoms with E-state index >= 15 is 0 Å². The normalized spacial score (nSPS) is 11.6. The van der Waals surface area contributed by atoms with Gasteiger partial charge in [-0.05, 0) is 53.6 Å². The summed E-state index contributed by atoms with van der Waals surface area (Å²) >= 11 is 0. The number of H-pyrrole nitrogens is 1. The Balaban J connectivity index is 1.42.